The molecule has 64 valence electrons. The molecule has 0 radical (unpaired) electrons. The van der Waals surface area contributed by atoms with Gasteiger partial charge in [-0.3, -0.25) is 0 Å². The zero-order valence-corrected chi connectivity index (χ0v) is 7.80. The van der Waals surface area contributed by atoms with Gasteiger partial charge >= 0.3 is 0 Å². The third-order valence-corrected chi connectivity index (χ3v) is 2.10. The number of hydrogen-bond donors (Lipinski definition) is 0. The highest BCUT2D eigenvalue weighted by Gasteiger charge is 2.09. The van der Waals surface area contributed by atoms with Gasteiger partial charge in [0.05, 0.1) is 10.0 Å². The maximum Gasteiger partial charge on any atom is 0.240 e. The Balaban J connectivity index is 3.52. The minimum Gasteiger partial charge on any atom is -0.211 e. The van der Waals surface area contributed by atoms with E-state index < -0.39 is 5.82 Å². The summed E-state index contributed by atoms with van der Waals surface area (Å²) in [5, 5.41) is 8.58. The summed E-state index contributed by atoms with van der Waals surface area (Å²) in [5.74, 6) is -0.576. The predicted octanol–water partition coefficient (Wildman–Crippen LogP) is 2.43. The lowest BCUT2D eigenvalue weighted by molar-refractivity contribution is 0.565. The molecule has 0 bridgehead atoms. The van der Waals surface area contributed by atoms with E-state index in [1.165, 1.54) is 12.1 Å². The molecule has 0 atom stereocenters. The van der Waals surface area contributed by atoms with Crippen LogP contribution in [-0.4, -0.2) is 6.08 Å². The number of isocyanates is 1. The number of hydrogen-bond acceptors (Lipinski definition) is 3. The molecule has 0 fully saturated rings. The molecule has 0 saturated heterocycles. The molecule has 13 heavy (non-hydrogen) atoms. The van der Waals surface area contributed by atoms with Crippen LogP contribution in [0.15, 0.2) is 21.6 Å². The molecule has 1 rings (SSSR count). The average molecular weight is 241 g/mol. The van der Waals surface area contributed by atoms with Gasteiger partial charge in [-0.1, -0.05) is 0 Å². The summed E-state index contributed by atoms with van der Waals surface area (Å²) in [6, 6.07) is 4.14. The number of carbonyl (C=O) groups excluding carboxylic acids is 1. The quantitative estimate of drug-likeness (QED) is 0.560. The van der Waals surface area contributed by atoms with E-state index in [0.29, 0.717) is 0 Å². The first-order valence-corrected chi connectivity index (χ1v) is 3.96. The number of benzene rings is 1. The normalized spacial score (nSPS) is 8.69. The van der Waals surface area contributed by atoms with Crippen molar-refractivity contribution < 1.29 is 9.18 Å². The van der Waals surface area contributed by atoms with Crippen molar-refractivity contribution in [3.8, 4) is 6.07 Å². The lowest BCUT2D eigenvalue weighted by atomic mass is 10.2. The Morgan fingerprint density at radius 1 is 1.54 bits per heavy atom. The fourth-order valence-corrected chi connectivity index (χ4v) is 1.22. The van der Waals surface area contributed by atoms with Crippen LogP contribution in [0.5, 0.6) is 0 Å². The second-order valence-corrected chi connectivity index (χ2v) is 2.87. The molecule has 0 unspecified atom stereocenters. The van der Waals surface area contributed by atoms with E-state index in [4.69, 9.17) is 5.26 Å². The summed E-state index contributed by atoms with van der Waals surface area (Å²) in [6.07, 6.45) is 1.25. The average Bonchev–Trinajstić information content (AvgIpc) is 2.14. The number of nitriles is 1. The Morgan fingerprint density at radius 2 is 2.23 bits per heavy atom. The molecule has 0 amide bonds. The van der Waals surface area contributed by atoms with E-state index in [-0.39, 0.29) is 15.7 Å². The lowest BCUT2D eigenvalue weighted by Gasteiger charge is -1.99. The molecule has 0 aliphatic carbocycles. The number of halogens is 2. The highest BCUT2D eigenvalue weighted by Crippen LogP contribution is 2.30. The van der Waals surface area contributed by atoms with Crippen LogP contribution < -0.4 is 0 Å². The topological polar surface area (TPSA) is 53.2 Å². The second-order valence-electron chi connectivity index (χ2n) is 2.07. The first kappa shape index (κ1) is 9.59. The number of rotatable bonds is 1. The fraction of sp³-hybridized carbons (Fsp3) is 0. The Morgan fingerprint density at radius 3 is 2.77 bits per heavy atom. The van der Waals surface area contributed by atoms with Crippen LogP contribution >= 0.6 is 15.9 Å². The van der Waals surface area contributed by atoms with Gasteiger partial charge in [-0.15, -0.1) is 0 Å². The van der Waals surface area contributed by atoms with Gasteiger partial charge in [-0.05, 0) is 28.1 Å². The summed E-state index contributed by atoms with van der Waals surface area (Å²) in [6.45, 7) is 0. The zero-order valence-electron chi connectivity index (χ0n) is 6.21. The monoisotopic (exact) mass is 240 g/mol. The SMILES string of the molecule is N#Cc1ccc(F)c(Br)c1N=C=O. The van der Waals surface area contributed by atoms with Crippen LogP contribution in [0, 0.1) is 17.1 Å². The third-order valence-electron chi connectivity index (χ3n) is 1.35. The van der Waals surface area contributed by atoms with Crippen LogP contribution in [0.25, 0.3) is 0 Å². The molecule has 0 saturated carbocycles. The standard InChI is InChI=1S/C8H2BrFN2O/c9-7-6(10)2-1-5(3-11)8(7)12-4-13/h1-2H. The van der Waals surface area contributed by atoms with E-state index in [2.05, 4.69) is 20.9 Å². The minimum atomic E-state index is -0.576. The van der Waals surface area contributed by atoms with Crippen LogP contribution in [0.4, 0.5) is 10.1 Å². The molecule has 0 heterocycles. The van der Waals surface area contributed by atoms with Gasteiger partial charge in [0.1, 0.15) is 17.6 Å². The van der Waals surface area contributed by atoms with Crippen molar-refractivity contribution in [3.63, 3.8) is 0 Å². The van der Waals surface area contributed by atoms with Gasteiger partial charge < -0.3 is 0 Å². The van der Waals surface area contributed by atoms with E-state index in [1.807, 2.05) is 0 Å². The number of aliphatic imine (C=N–C) groups is 1. The maximum absolute atomic E-state index is 12.9. The Kier molecular flexibility index (Phi) is 2.91. The van der Waals surface area contributed by atoms with Crippen molar-refractivity contribution in [3.05, 3.63) is 28.0 Å². The predicted molar refractivity (Wildman–Crippen MR) is 46.6 cm³/mol. The molecular weight excluding hydrogens is 239 g/mol. The van der Waals surface area contributed by atoms with E-state index >= 15 is 0 Å². The molecule has 0 spiro atoms. The molecule has 0 aliphatic heterocycles. The summed E-state index contributed by atoms with van der Waals surface area (Å²) in [4.78, 5) is 13.2. The fourth-order valence-electron chi connectivity index (χ4n) is 0.785. The Bertz CT molecular complexity index is 433. The van der Waals surface area contributed by atoms with Crippen molar-refractivity contribution >= 4 is 27.7 Å². The molecule has 1 aromatic carbocycles. The Hall–Kier alpha value is -1.50. The molecule has 0 aromatic heterocycles. The highest BCUT2D eigenvalue weighted by atomic mass is 79.9. The van der Waals surface area contributed by atoms with Gasteiger partial charge in [0.2, 0.25) is 6.08 Å². The largest absolute Gasteiger partial charge is 0.240 e. The lowest BCUT2D eigenvalue weighted by Crippen LogP contribution is -1.82. The molecular formula is C8H2BrFN2O. The van der Waals surface area contributed by atoms with E-state index in [0.717, 1.165) is 6.07 Å². The van der Waals surface area contributed by atoms with E-state index in [9.17, 15) is 9.18 Å². The molecule has 5 heteroatoms. The van der Waals surface area contributed by atoms with Crippen LogP contribution in [-0.2, 0) is 4.79 Å². The highest BCUT2D eigenvalue weighted by molar-refractivity contribution is 9.10. The zero-order chi connectivity index (χ0) is 9.84. The van der Waals surface area contributed by atoms with Gasteiger partial charge in [-0.2, -0.15) is 10.3 Å². The van der Waals surface area contributed by atoms with Gasteiger partial charge in [0.15, 0.2) is 0 Å². The van der Waals surface area contributed by atoms with Crippen LogP contribution in [0.1, 0.15) is 5.56 Å². The molecule has 0 N–H and O–H groups in total. The van der Waals surface area contributed by atoms with Crippen molar-refractivity contribution in [2.75, 3.05) is 0 Å². The third kappa shape index (κ3) is 1.81. The Labute approximate surface area is 81.6 Å². The van der Waals surface area contributed by atoms with E-state index in [1.54, 1.807) is 6.07 Å². The molecule has 0 aliphatic rings. The van der Waals surface area contributed by atoms with Gasteiger partial charge in [0.25, 0.3) is 0 Å². The van der Waals surface area contributed by atoms with Crippen molar-refractivity contribution in [1.82, 2.24) is 0 Å². The van der Waals surface area contributed by atoms with Crippen molar-refractivity contribution in [2.45, 2.75) is 0 Å². The van der Waals surface area contributed by atoms with Crippen LogP contribution in [0.3, 0.4) is 0 Å². The summed E-state index contributed by atoms with van der Waals surface area (Å²) in [5.41, 5.74) is 0.0918. The summed E-state index contributed by atoms with van der Waals surface area (Å²) < 4.78 is 12.9. The van der Waals surface area contributed by atoms with Crippen molar-refractivity contribution in [1.29, 1.82) is 5.26 Å². The molecule has 3 nitrogen and oxygen atoms in total. The first-order chi connectivity index (χ1) is 6.20. The summed E-state index contributed by atoms with van der Waals surface area (Å²) in [7, 11) is 0. The second kappa shape index (κ2) is 3.94. The maximum atomic E-state index is 12.9. The smallest absolute Gasteiger partial charge is 0.211 e. The van der Waals surface area contributed by atoms with Crippen molar-refractivity contribution in [2.24, 2.45) is 4.99 Å². The van der Waals surface area contributed by atoms with Crippen LogP contribution in [0.2, 0.25) is 0 Å². The van der Waals surface area contributed by atoms with Gasteiger partial charge in [0, 0.05) is 0 Å². The minimum absolute atomic E-state index is 0.00472. The first-order valence-electron chi connectivity index (χ1n) is 3.16. The molecule has 1 aromatic rings. The summed E-state index contributed by atoms with van der Waals surface area (Å²) >= 11 is 2.87. The number of nitrogens with zero attached hydrogens (tertiary/aromatic N) is 2. The van der Waals surface area contributed by atoms with Gasteiger partial charge in [-0.25, -0.2) is 9.18 Å².